The highest BCUT2D eigenvalue weighted by molar-refractivity contribution is 9.10. The molecule has 0 radical (unpaired) electrons. The molecule has 2 heterocycles. The van der Waals surface area contributed by atoms with Crippen LogP contribution in [0.15, 0.2) is 10.7 Å². The molecule has 1 aromatic rings. The molecule has 1 aliphatic heterocycles. The Labute approximate surface area is 108 Å². The van der Waals surface area contributed by atoms with E-state index in [1.807, 2.05) is 0 Å². The monoisotopic (exact) mass is 320 g/mol. The average molecular weight is 321 g/mol. The van der Waals surface area contributed by atoms with E-state index in [2.05, 4.69) is 21.0 Å². The third kappa shape index (κ3) is 2.77. The molecule has 0 bridgehead atoms. The first-order valence-electron chi connectivity index (χ1n) is 5.30. The van der Waals surface area contributed by atoms with Crippen LogP contribution in [-0.4, -0.2) is 35.5 Å². The van der Waals surface area contributed by atoms with E-state index < -0.39 is 9.84 Å². The molecule has 1 unspecified atom stereocenters. The summed E-state index contributed by atoms with van der Waals surface area (Å²) >= 11 is 3.27. The van der Waals surface area contributed by atoms with Gasteiger partial charge in [-0.3, -0.25) is 9.48 Å². The number of carbonyl (C=O) groups is 1. The van der Waals surface area contributed by atoms with Crippen LogP contribution in [0.1, 0.15) is 23.3 Å². The number of carbonyl (C=O) groups excluding carboxylic acids is 1. The number of aryl methyl sites for hydroxylation is 1. The molecule has 5 nitrogen and oxygen atoms in total. The number of hydrogen-bond donors (Lipinski definition) is 0. The smallest absolute Gasteiger partial charge is 0.182 e. The van der Waals surface area contributed by atoms with Gasteiger partial charge in [0.05, 0.1) is 22.2 Å². The van der Waals surface area contributed by atoms with Gasteiger partial charge in [0.15, 0.2) is 15.6 Å². The van der Waals surface area contributed by atoms with E-state index in [4.69, 9.17) is 0 Å². The molecular weight excluding hydrogens is 308 g/mol. The summed E-state index contributed by atoms with van der Waals surface area (Å²) in [4.78, 5) is 12.0. The Bertz CT molecular complexity index is 530. The molecule has 0 N–H and O–H groups in total. The summed E-state index contributed by atoms with van der Waals surface area (Å²) in [5.41, 5.74) is 0.509. The molecule has 94 valence electrons. The first kappa shape index (κ1) is 12.8. The van der Waals surface area contributed by atoms with E-state index in [9.17, 15) is 13.2 Å². The van der Waals surface area contributed by atoms with Crippen LogP contribution < -0.4 is 0 Å². The molecule has 1 saturated heterocycles. The van der Waals surface area contributed by atoms with Gasteiger partial charge in [-0.25, -0.2) is 8.42 Å². The lowest BCUT2D eigenvalue weighted by atomic mass is 10.0. The number of ketones is 1. The molecule has 0 aromatic carbocycles. The topological polar surface area (TPSA) is 69.0 Å². The van der Waals surface area contributed by atoms with E-state index in [0.29, 0.717) is 16.6 Å². The molecule has 0 amide bonds. The van der Waals surface area contributed by atoms with Crippen molar-refractivity contribution in [3.8, 4) is 0 Å². The van der Waals surface area contributed by atoms with Crippen molar-refractivity contribution in [1.82, 2.24) is 9.78 Å². The van der Waals surface area contributed by atoms with Crippen molar-refractivity contribution in [2.75, 3.05) is 11.5 Å². The number of rotatable bonds is 3. The van der Waals surface area contributed by atoms with Crippen LogP contribution in [0, 0.1) is 5.92 Å². The summed E-state index contributed by atoms with van der Waals surface area (Å²) in [6.45, 7) is 0. The minimum absolute atomic E-state index is 0.0469. The van der Waals surface area contributed by atoms with Crippen molar-refractivity contribution in [2.45, 2.75) is 12.8 Å². The third-order valence-corrected chi connectivity index (χ3v) is 5.38. The Morgan fingerprint density at radius 3 is 2.82 bits per heavy atom. The minimum atomic E-state index is -2.92. The van der Waals surface area contributed by atoms with Crippen LogP contribution in [-0.2, 0) is 16.9 Å². The van der Waals surface area contributed by atoms with Crippen molar-refractivity contribution in [2.24, 2.45) is 13.0 Å². The largest absolute Gasteiger partial charge is 0.292 e. The molecule has 1 atom stereocenters. The van der Waals surface area contributed by atoms with Gasteiger partial charge in [-0.05, 0) is 28.3 Å². The average Bonchev–Trinajstić information content (AvgIpc) is 2.70. The second kappa shape index (κ2) is 4.53. The molecular formula is C10H13BrN2O3S. The molecule has 2 rings (SSSR count). The molecule has 1 fully saturated rings. The molecule has 0 spiro atoms. The van der Waals surface area contributed by atoms with E-state index in [0.717, 1.165) is 0 Å². The van der Waals surface area contributed by atoms with Crippen LogP contribution in [0.25, 0.3) is 0 Å². The molecule has 0 saturated carbocycles. The number of sulfone groups is 1. The van der Waals surface area contributed by atoms with Gasteiger partial charge in [0.1, 0.15) is 5.69 Å². The lowest BCUT2D eigenvalue weighted by Crippen LogP contribution is -2.14. The fraction of sp³-hybridized carbons (Fsp3) is 0.600. The zero-order chi connectivity index (χ0) is 12.6. The maximum absolute atomic E-state index is 12.0. The van der Waals surface area contributed by atoms with E-state index >= 15 is 0 Å². The van der Waals surface area contributed by atoms with Crippen molar-refractivity contribution >= 4 is 31.6 Å². The van der Waals surface area contributed by atoms with Crippen LogP contribution >= 0.6 is 15.9 Å². The molecule has 1 aromatic heterocycles. The summed E-state index contributed by atoms with van der Waals surface area (Å²) in [5, 5.41) is 3.97. The number of nitrogens with zero attached hydrogens (tertiary/aromatic N) is 2. The van der Waals surface area contributed by atoms with Gasteiger partial charge in [0.2, 0.25) is 0 Å². The Hall–Kier alpha value is -0.690. The highest BCUT2D eigenvalue weighted by Crippen LogP contribution is 2.25. The van der Waals surface area contributed by atoms with Gasteiger partial charge in [-0.1, -0.05) is 0 Å². The second-order valence-corrected chi connectivity index (χ2v) is 7.44. The van der Waals surface area contributed by atoms with Gasteiger partial charge >= 0.3 is 0 Å². The maximum Gasteiger partial charge on any atom is 0.182 e. The summed E-state index contributed by atoms with van der Waals surface area (Å²) in [5.74, 6) is 0.236. The first-order chi connectivity index (χ1) is 7.89. The van der Waals surface area contributed by atoms with Crippen molar-refractivity contribution < 1.29 is 13.2 Å². The fourth-order valence-electron chi connectivity index (χ4n) is 2.12. The lowest BCUT2D eigenvalue weighted by Gasteiger charge is -2.07. The maximum atomic E-state index is 12.0. The molecule has 1 aliphatic rings. The van der Waals surface area contributed by atoms with Crippen LogP contribution in [0.2, 0.25) is 0 Å². The van der Waals surface area contributed by atoms with Gasteiger partial charge in [-0.2, -0.15) is 5.10 Å². The van der Waals surface area contributed by atoms with Crippen molar-refractivity contribution in [1.29, 1.82) is 0 Å². The summed E-state index contributed by atoms with van der Waals surface area (Å²) in [7, 11) is -1.22. The van der Waals surface area contributed by atoms with Crippen LogP contribution in [0.5, 0.6) is 0 Å². The lowest BCUT2D eigenvalue weighted by molar-refractivity contribution is 0.0955. The highest BCUT2D eigenvalue weighted by atomic mass is 79.9. The third-order valence-electron chi connectivity index (χ3n) is 2.96. The Morgan fingerprint density at radius 1 is 1.65 bits per heavy atom. The highest BCUT2D eigenvalue weighted by Gasteiger charge is 2.30. The zero-order valence-electron chi connectivity index (χ0n) is 9.39. The minimum Gasteiger partial charge on any atom is -0.292 e. The van der Waals surface area contributed by atoms with E-state index in [1.165, 1.54) is 4.68 Å². The molecule has 0 aliphatic carbocycles. The number of halogens is 1. The number of Topliss-reactive ketones (excluding diaryl/α,β-unsaturated/α-hetero) is 1. The SMILES string of the molecule is Cn1ncc(Br)c1C(=O)CC1CCS(=O)(=O)C1. The first-order valence-corrected chi connectivity index (χ1v) is 7.91. The normalized spacial score (nSPS) is 22.8. The predicted molar refractivity (Wildman–Crippen MR) is 66.6 cm³/mol. The quantitative estimate of drug-likeness (QED) is 0.784. The number of aromatic nitrogens is 2. The van der Waals surface area contributed by atoms with Crippen LogP contribution in [0.3, 0.4) is 0 Å². The number of hydrogen-bond acceptors (Lipinski definition) is 4. The standard InChI is InChI=1S/C10H13BrN2O3S/c1-13-10(8(11)5-12-13)9(14)4-7-2-3-17(15,16)6-7/h5,7H,2-4,6H2,1H3. The Kier molecular flexibility index (Phi) is 3.40. The summed E-state index contributed by atoms with van der Waals surface area (Å²) in [6.07, 6.45) is 2.43. The summed E-state index contributed by atoms with van der Waals surface area (Å²) < 4.78 is 24.8. The van der Waals surface area contributed by atoms with Gasteiger partial charge in [0, 0.05) is 13.5 Å². The summed E-state index contributed by atoms with van der Waals surface area (Å²) in [6, 6.07) is 0. The van der Waals surface area contributed by atoms with Crippen molar-refractivity contribution in [3.63, 3.8) is 0 Å². The van der Waals surface area contributed by atoms with Crippen molar-refractivity contribution in [3.05, 3.63) is 16.4 Å². The zero-order valence-corrected chi connectivity index (χ0v) is 11.8. The van der Waals surface area contributed by atoms with Crippen LogP contribution in [0.4, 0.5) is 0 Å². The second-order valence-electron chi connectivity index (χ2n) is 4.36. The molecule has 7 heteroatoms. The Morgan fingerprint density at radius 2 is 2.35 bits per heavy atom. The fourth-order valence-corrected chi connectivity index (χ4v) is 4.55. The van der Waals surface area contributed by atoms with Gasteiger partial charge < -0.3 is 0 Å². The van der Waals surface area contributed by atoms with E-state index in [1.54, 1.807) is 13.2 Å². The Balaban J connectivity index is 2.09. The van der Waals surface area contributed by atoms with E-state index in [-0.39, 0.29) is 29.6 Å². The van der Waals surface area contributed by atoms with Gasteiger partial charge in [0.25, 0.3) is 0 Å². The van der Waals surface area contributed by atoms with Gasteiger partial charge in [-0.15, -0.1) is 0 Å². The molecule has 17 heavy (non-hydrogen) atoms. The predicted octanol–water partition coefficient (Wildman–Crippen LogP) is 1.19.